The third kappa shape index (κ3) is 4.57. The molecular formula is C29H29IrN2S-. The van der Waals surface area contributed by atoms with Crippen molar-refractivity contribution >= 4 is 31.5 Å². The van der Waals surface area contributed by atoms with Gasteiger partial charge in [-0.15, -0.1) is 47.2 Å². The van der Waals surface area contributed by atoms with Crippen LogP contribution < -0.4 is 0 Å². The number of imidazole rings is 1. The van der Waals surface area contributed by atoms with Crippen molar-refractivity contribution in [3.63, 3.8) is 0 Å². The number of nitrogens with zero attached hydrogens (tertiary/aromatic N) is 2. The van der Waals surface area contributed by atoms with Gasteiger partial charge in [0.15, 0.2) is 0 Å². The van der Waals surface area contributed by atoms with Crippen molar-refractivity contribution in [2.75, 3.05) is 0 Å². The van der Waals surface area contributed by atoms with E-state index in [-0.39, 0.29) is 20.1 Å². The predicted molar refractivity (Wildman–Crippen MR) is 138 cm³/mol. The van der Waals surface area contributed by atoms with Crippen LogP contribution in [-0.2, 0) is 32.9 Å². The number of benzene rings is 3. The van der Waals surface area contributed by atoms with E-state index in [1.54, 1.807) is 0 Å². The molecular weight excluding hydrogens is 601 g/mol. The predicted octanol–water partition coefficient (Wildman–Crippen LogP) is 8.10. The number of thiophene rings is 1. The second-order valence-electron chi connectivity index (χ2n) is 9.43. The molecule has 33 heavy (non-hydrogen) atoms. The number of hydrogen-bond donors (Lipinski definition) is 0. The fourth-order valence-electron chi connectivity index (χ4n) is 4.69. The average molecular weight is 630 g/mol. The van der Waals surface area contributed by atoms with Crippen LogP contribution in [0, 0.1) is 17.9 Å². The second-order valence-corrected chi connectivity index (χ2v) is 10.5. The molecule has 0 N–H and O–H groups in total. The van der Waals surface area contributed by atoms with E-state index in [1.807, 2.05) is 29.7 Å². The van der Waals surface area contributed by atoms with Gasteiger partial charge in [-0.2, -0.15) is 0 Å². The maximum atomic E-state index is 4.76. The molecule has 0 bridgehead atoms. The molecule has 3 aromatic carbocycles. The fraction of sp³-hybridized carbons (Fsp3) is 0.276. The monoisotopic (exact) mass is 630 g/mol. The smallest absolute Gasteiger partial charge is 0.0602 e. The molecule has 0 aliphatic heterocycles. The Balaban J connectivity index is 0.00000259. The van der Waals surface area contributed by atoms with Crippen molar-refractivity contribution in [1.29, 1.82) is 0 Å². The van der Waals surface area contributed by atoms with Crippen LogP contribution in [0.4, 0.5) is 0 Å². The van der Waals surface area contributed by atoms with Crippen molar-refractivity contribution in [2.45, 2.75) is 40.5 Å². The minimum atomic E-state index is 0. The quantitative estimate of drug-likeness (QED) is 0.174. The van der Waals surface area contributed by atoms with E-state index in [4.69, 9.17) is 4.98 Å². The van der Waals surface area contributed by atoms with Crippen LogP contribution in [0.5, 0.6) is 0 Å². The van der Waals surface area contributed by atoms with Crippen molar-refractivity contribution in [2.24, 2.45) is 11.8 Å². The average Bonchev–Trinajstić information content (AvgIpc) is 3.39. The summed E-state index contributed by atoms with van der Waals surface area (Å²) in [5, 5.41) is 2.77. The summed E-state index contributed by atoms with van der Waals surface area (Å²) in [6.45, 7) is 9.25. The maximum Gasteiger partial charge on any atom is 0.0602 e. The van der Waals surface area contributed by atoms with Crippen molar-refractivity contribution in [3.05, 3.63) is 84.2 Å². The Hall–Kier alpha value is -2.26. The van der Waals surface area contributed by atoms with Crippen molar-refractivity contribution in [3.8, 4) is 17.1 Å². The molecule has 0 aliphatic carbocycles. The molecule has 171 valence electrons. The molecule has 0 fully saturated rings. The van der Waals surface area contributed by atoms with Crippen LogP contribution in [0.2, 0.25) is 0 Å². The molecule has 2 nitrogen and oxygen atoms in total. The van der Waals surface area contributed by atoms with Crippen LogP contribution in [-0.4, -0.2) is 9.55 Å². The molecule has 5 aromatic rings. The molecule has 5 rings (SSSR count). The Kier molecular flexibility index (Phi) is 7.19. The topological polar surface area (TPSA) is 17.8 Å². The minimum absolute atomic E-state index is 0. The molecule has 0 saturated heterocycles. The standard InChI is InChI=1S/C29H29N2S.Ir/c1-19(2)16-22-18-24-23-12-8-9-13-26(23)32-28(24)25(17-20(3)4)27(22)31-15-14-30-29(31)21-10-6-5-7-11-21;/h5-10,12-15,18-20H,16-17H2,1-4H3;/q-1;. The summed E-state index contributed by atoms with van der Waals surface area (Å²) in [4.78, 5) is 4.76. The molecule has 2 heterocycles. The molecule has 2 aromatic heterocycles. The van der Waals surface area contributed by atoms with E-state index in [9.17, 15) is 0 Å². The van der Waals surface area contributed by atoms with E-state index in [2.05, 4.69) is 87.0 Å². The van der Waals surface area contributed by atoms with Gasteiger partial charge < -0.3 is 4.57 Å². The van der Waals surface area contributed by atoms with Gasteiger partial charge in [-0.3, -0.25) is 4.98 Å². The second kappa shape index (κ2) is 9.93. The van der Waals surface area contributed by atoms with E-state index >= 15 is 0 Å². The Labute approximate surface area is 214 Å². The summed E-state index contributed by atoms with van der Waals surface area (Å²) in [5.41, 5.74) is 5.20. The summed E-state index contributed by atoms with van der Waals surface area (Å²) < 4.78 is 5.09. The van der Waals surface area contributed by atoms with E-state index in [1.165, 1.54) is 37.0 Å². The van der Waals surface area contributed by atoms with Crippen molar-refractivity contribution in [1.82, 2.24) is 9.55 Å². The summed E-state index contributed by atoms with van der Waals surface area (Å²) in [6.07, 6.45) is 6.12. The summed E-state index contributed by atoms with van der Waals surface area (Å²) in [7, 11) is 0. The first-order valence-electron chi connectivity index (χ1n) is 11.5. The van der Waals surface area contributed by atoms with Gasteiger partial charge >= 0.3 is 0 Å². The minimum Gasteiger partial charge on any atom is -0.339 e. The first-order chi connectivity index (χ1) is 15.5. The molecule has 0 amide bonds. The number of hydrogen-bond acceptors (Lipinski definition) is 2. The molecule has 0 spiro atoms. The van der Waals surface area contributed by atoms with Crippen LogP contribution in [0.1, 0.15) is 38.8 Å². The number of fused-ring (bicyclic) bond motifs is 3. The van der Waals surface area contributed by atoms with Gasteiger partial charge in [0.05, 0.1) is 5.82 Å². The molecule has 0 atom stereocenters. The van der Waals surface area contributed by atoms with Crippen molar-refractivity contribution < 1.29 is 20.1 Å². The van der Waals surface area contributed by atoms with Gasteiger partial charge in [0.1, 0.15) is 0 Å². The van der Waals surface area contributed by atoms with E-state index in [0.29, 0.717) is 11.8 Å². The summed E-state index contributed by atoms with van der Waals surface area (Å²) in [5.74, 6) is 2.09. The van der Waals surface area contributed by atoms with E-state index in [0.717, 1.165) is 24.2 Å². The van der Waals surface area contributed by atoms with E-state index < -0.39 is 0 Å². The van der Waals surface area contributed by atoms with Gasteiger partial charge in [-0.1, -0.05) is 45.9 Å². The first kappa shape index (κ1) is 23.9. The number of rotatable bonds is 6. The van der Waals surface area contributed by atoms with Gasteiger partial charge in [0.2, 0.25) is 0 Å². The molecule has 4 heteroatoms. The van der Waals surface area contributed by atoms with Gasteiger partial charge in [0.25, 0.3) is 0 Å². The molecule has 0 aliphatic rings. The Morgan fingerprint density at radius 1 is 0.939 bits per heavy atom. The zero-order chi connectivity index (χ0) is 22.2. The Bertz CT molecular complexity index is 1380. The molecule has 1 radical (unpaired) electrons. The maximum absolute atomic E-state index is 4.76. The normalized spacial score (nSPS) is 11.6. The van der Waals surface area contributed by atoms with Crippen LogP contribution in [0.15, 0.2) is 67.0 Å². The number of aromatic nitrogens is 2. The zero-order valence-electron chi connectivity index (χ0n) is 19.6. The molecule has 0 saturated carbocycles. The summed E-state index contributed by atoms with van der Waals surface area (Å²) >= 11 is 1.93. The van der Waals surface area contributed by atoms with Gasteiger partial charge in [-0.25, -0.2) is 0 Å². The van der Waals surface area contributed by atoms with Gasteiger partial charge in [0, 0.05) is 58.4 Å². The molecule has 0 unspecified atom stereocenters. The Morgan fingerprint density at radius 3 is 2.42 bits per heavy atom. The van der Waals surface area contributed by atoms with Crippen LogP contribution in [0.25, 0.3) is 37.2 Å². The van der Waals surface area contributed by atoms with Crippen LogP contribution in [0.3, 0.4) is 0 Å². The first-order valence-corrected chi connectivity index (χ1v) is 12.3. The Morgan fingerprint density at radius 2 is 1.70 bits per heavy atom. The third-order valence-electron chi connectivity index (χ3n) is 5.89. The third-order valence-corrected chi connectivity index (χ3v) is 7.14. The zero-order valence-corrected chi connectivity index (χ0v) is 22.8. The van der Waals surface area contributed by atoms with Gasteiger partial charge in [-0.05, 0) is 47.9 Å². The largest absolute Gasteiger partial charge is 0.339 e. The SMILES string of the molecule is CC(C)Cc1cc2c(sc3ccccc32)c(CC(C)C)c1-n1ccnc1-c1[c-]cccc1.[Ir]. The van der Waals surface area contributed by atoms with Crippen LogP contribution >= 0.6 is 11.3 Å². The summed E-state index contributed by atoms with van der Waals surface area (Å²) in [6, 6.07) is 22.8. The fourth-order valence-corrected chi connectivity index (χ4v) is 5.92.